The van der Waals surface area contributed by atoms with Gasteiger partial charge in [-0.1, -0.05) is 17.7 Å². The summed E-state index contributed by atoms with van der Waals surface area (Å²) in [5, 5.41) is 5.57. The van der Waals surface area contributed by atoms with Crippen molar-refractivity contribution in [3.63, 3.8) is 0 Å². The van der Waals surface area contributed by atoms with Gasteiger partial charge < -0.3 is 15.4 Å². The lowest BCUT2D eigenvalue weighted by Crippen LogP contribution is -2.32. The van der Waals surface area contributed by atoms with Crippen LogP contribution in [0.5, 0.6) is 0 Å². The highest BCUT2D eigenvalue weighted by Crippen LogP contribution is 2.14. The van der Waals surface area contributed by atoms with Crippen LogP contribution in [-0.4, -0.2) is 30.4 Å². The van der Waals surface area contributed by atoms with E-state index in [1.807, 2.05) is 0 Å². The molecule has 0 aliphatic heterocycles. The molecule has 0 radical (unpaired) electrons. The quantitative estimate of drug-likeness (QED) is 0.689. The van der Waals surface area contributed by atoms with Gasteiger partial charge in [-0.3, -0.25) is 14.4 Å². The molecule has 148 valence electrons. The predicted molar refractivity (Wildman–Crippen MR) is 104 cm³/mol. The molecule has 0 saturated heterocycles. The number of carbonyl (C=O) groups is 3. The second-order valence-corrected chi connectivity index (χ2v) is 6.53. The summed E-state index contributed by atoms with van der Waals surface area (Å²) in [6.07, 6.45) is -1.17. The number of ether oxygens (including phenoxy) is 1. The van der Waals surface area contributed by atoms with Gasteiger partial charge in [-0.25, -0.2) is 4.39 Å². The number of anilines is 1. The van der Waals surface area contributed by atoms with Crippen molar-refractivity contribution < 1.29 is 23.5 Å². The second kappa shape index (κ2) is 9.85. The number of hydrogen-bond acceptors (Lipinski definition) is 4. The third-order valence-corrected chi connectivity index (χ3v) is 4.09. The van der Waals surface area contributed by atoms with Crippen LogP contribution in [0, 0.1) is 12.7 Å². The van der Waals surface area contributed by atoms with Gasteiger partial charge in [0.1, 0.15) is 5.82 Å². The van der Waals surface area contributed by atoms with Gasteiger partial charge in [0.2, 0.25) is 0 Å². The van der Waals surface area contributed by atoms with Crippen molar-refractivity contribution in [1.82, 2.24) is 5.32 Å². The van der Waals surface area contributed by atoms with E-state index in [9.17, 15) is 18.8 Å². The first-order valence-electron chi connectivity index (χ1n) is 8.56. The zero-order chi connectivity index (χ0) is 20.7. The molecule has 2 rings (SSSR count). The summed E-state index contributed by atoms with van der Waals surface area (Å²) < 4.78 is 18.5. The molecule has 0 unspecified atom stereocenters. The average Bonchev–Trinajstić information content (AvgIpc) is 2.65. The normalized spacial score (nSPS) is 11.4. The monoisotopic (exact) mass is 406 g/mol. The van der Waals surface area contributed by atoms with Gasteiger partial charge in [-0.2, -0.15) is 0 Å². The van der Waals surface area contributed by atoms with Crippen molar-refractivity contribution >= 4 is 35.1 Å². The molecule has 0 bridgehead atoms. The van der Waals surface area contributed by atoms with Crippen molar-refractivity contribution in [3.05, 3.63) is 64.4 Å². The Morgan fingerprint density at radius 3 is 2.46 bits per heavy atom. The number of amides is 2. The van der Waals surface area contributed by atoms with E-state index in [0.717, 1.165) is 0 Å². The number of esters is 1. The largest absolute Gasteiger partial charge is 0.452 e. The number of nitrogens with one attached hydrogen (secondary N) is 2. The standard InChI is InChI=1S/C20H20ClFN2O4/c1-12-3-8-16(11-17(12)22)24-19(26)13(2)28-18(25)9-10-23-20(27)14-4-6-15(21)7-5-14/h3-8,11,13H,9-10H2,1-2H3,(H,23,27)(H,24,26)/t13-/m1/s1. The Bertz CT molecular complexity index is 871. The van der Waals surface area contributed by atoms with E-state index in [-0.39, 0.29) is 24.6 Å². The highest BCUT2D eigenvalue weighted by atomic mass is 35.5. The summed E-state index contributed by atoms with van der Waals surface area (Å²) in [7, 11) is 0. The minimum Gasteiger partial charge on any atom is -0.452 e. The summed E-state index contributed by atoms with van der Waals surface area (Å²) in [6.45, 7) is 3.07. The van der Waals surface area contributed by atoms with Crippen LogP contribution in [0.25, 0.3) is 0 Å². The number of benzene rings is 2. The lowest BCUT2D eigenvalue weighted by molar-refractivity contribution is -0.153. The Balaban J connectivity index is 1.75. The lowest BCUT2D eigenvalue weighted by atomic mass is 10.2. The second-order valence-electron chi connectivity index (χ2n) is 6.10. The van der Waals surface area contributed by atoms with Crippen molar-refractivity contribution in [2.75, 3.05) is 11.9 Å². The predicted octanol–water partition coefficient (Wildman–Crippen LogP) is 3.48. The molecule has 0 aliphatic carbocycles. The fraction of sp³-hybridized carbons (Fsp3) is 0.250. The number of hydrogen-bond donors (Lipinski definition) is 2. The highest BCUT2D eigenvalue weighted by Gasteiger charge is 2.18. The SMILES string of the molecule is Cc1ccc(NC(=O)[C@@H](C)OC(=O)CCNC(=O)c2ccc(Cl)cc2)cc1F. The molecule has 0 spiro atoms. The van der Waals surface area contributed by atoms with Crippen LogP contribution in [0.4, 0.5) is 10.1 Å². The Morgan fingerprint density at radius 1 is 1.14 bits per heavy atom. The molecule has 2 amide bonds. The van der Waals surface area contributed by atoms with Crippen molar-refractivity contribution in [2.45, 2.75) is 26.4 Å². The lowest BCUT2D eigenvalue weighted by Gasteiger charge is -2.14. The van der Waals surface area contributed by atoms with Crippen LogP contribution >= 0.6 is 11.6 Å². The molecule has 2 aromatic rings. The molecule has 8 heteroatoms. The van der Waals surface area contributed by atoms with E-state index in [4.69, 9.17) is 16.3 Å². The summed E-state index contributed by atoms with van der Waals surface area (Å²) in [4.78, 5) is 35.8. The minimum absolute atomic E-state index is 0.0534. The Kier molecular flexibility index (Phi) is 7.52. The van der Waals surface area contributed by atoms with Gasteiger partial charge in [-0.15, -0.1) is 0 Å². The van der Waals surface area contributed by atoms with E-state index in [1.165, 1.54) is 19.1 Å². The van der Waals surface area contributed by atoms with Gasteiger partial charge in [0, 0.05) is 22.8 Å². The smallest absolute Gasteiger partial charge is 0.308 e. The third kappa shape index (κ3) is 6.35. The summed E-state index contributed by atoms with van der Waals surface area (Å²) in [6, 6.07) is 10.6. The number of halogens is 2. The molecule has 28 heavy (non-hydrogen) atoms. The fourth-order valence-electron chi connectivity index (χ4n) is 2.21. The van der Waals surface area contributed by atoms with E-state index in [1.54, 1.807) is 37.3 Å². The molecule has 0 heterocycles. The number of carbonyl (C=O) groups excluding carboxylic acids is 3. The van der Waals surface area contributed by atoms with Gasteiger partial charge in [-0.05, 0) is 55.8 Å². The van der Waals surface area contributed by atoms with Gasteiger partial charge in [0.15, 0.2) is 6.10 Å². The molecule has 0 aliphatic rings. The van der Waals surface area contributed by atoms with E-state index in [2.05, 4.69) is 10.6 Å². The minimum atomic E-state index is -1.07. The zero-order valence-corrected chi connectivity index (χ0v) is 16.2. The molecule has 2 N–H and O–H groups in total. The van der Waals surface area contributed by atoms with Crippen molar-refractivity contribution in [3.8, 4) is 0 Å². The third-order valence-electron chi connectivity index (χ3n) is 3.84. The van der Waals surface area contributed by atoms with Gasteiger partial charge in [0.05, 0.1) is 6.42 Å². The fourth-order valence-corrected chi connectivity index (χ4v) is 2.33. The van der Waals surface area contributed by atoms with Crippen LogP contribution in [0.15, 0.2) is 42.5 Å². The summed E-state index contributed by atoms with van der Waals surface area (Å²) in [5.41, 5.74) is 1.14. The molecular formula is C20H20ClFN2O4. The van der Waals surface area contributed by atoms with Crippen LogP contribution in [0.3, 0.4) is 0 Å². The molecule has 6 nitrogen and oxygen atoms in total. The Hall–Kier alpha value is -2.93. The molecule has 0 saturated carbocycles. The van der Waals surface area contributed by atoms with Gasteiger partial charge >= 0.3 is 5.97 Å². The maximum absolute atomic E-state index is 13.5. The zero-order valence-electron chi connectivity index (χ0n) is 15.4. The topological polar surface area (TPSA) is 84.5 Å². The highest BCUT2D eigenvalue weighted by molar-refractivity contribution is 6.30. The number of aryl methyl sites for hydroxylation is 1. The average molecular weight is 407 g/mol. The Labute approximate surface area is 167 Å². The van der Waals surface area contributed by atoms with Crippen LogP contribution in [0.2, 0.25) is 5.02 Å². The molecule has 0 fully saturated rings. The van der Waals surface area contributed by atoms with Gasteiger partial charge in [0.25, 0.3) is 11.8 Å². The van der Waals surface area contributed by atoms with Crippen LogP contribution in [-0.2, 0) is 14.3 Å². The molecular weight excluding hydrogens is 387 g/mol. The van der Waals surface area contributed by atoms with E-state index >= 15 is 0 Å². The van der Waals surface area contributed by atoms with Crippen molar-refractivity contribution in [1.29, 1.82) is 0 Å². The van der Waals surface area contributed by atoms with E-state index < -0.39 is 23.8 Å². The molecule has 0 aromatic heterocycles. The first-order valence-corrected chi connectivity index (χ1v) is 8.94. The van der Waals surface area contributed by atoms with Crippen molar-refractivity contribution in [2.24, 2.45) is 0 Å². The maximum atomic E-state index is 13.5. The summed E-state index contributed by atoms with van der Waals surface area (Å²) >= 11 is 5.76. The number of rotatable bonds is 7. The molecule has 1 atom stereocenters. The van der Waals surface area contributed by atoms with E-state index in [0.29, 0.717) is 16.1 Å². The Morgan fingerprint density at radius 2 is 1.82 bits per heavy atom. The maximum Gasteiger partial charge on any atom is 0.308 e. The summed E-state index contributed by atoms with van der Waals surface area (Å²) in [5.74, 6) is -2.02. The first kappa shape index (κ1) is 21.4. The van der Waals surface area contributed by atoms with Crippen LogP contribution in [0.1, 0.15) is 29.3 Å². The molecule has 2 aromatic carbocycles. The van der Waals surface area contributed by atoms with Crippen LogP contribution < -0.4 is 10.6 Å². The first-order chi connectivity index (χ1) is 13.3.